The summed E-state index contributed by atoms with van der Waals surface area (Å²) in [4.78, 5) is 25.6. The lowest BCUT2D eigenvalue weighted by Crippen LogP contribution is -2.45. The number of amides is 2. The van der Waals surface area contributed by atoms with Crippen LogP contribution in [0.2, 0.25) is 0 Å². The lowest BCUT2D eigenvalue weighted by atomic mass is 9.98. The summed E-state index contributed by atoms with van der Waals surface area (Å²) in [7, 11) is 1.61. The van der Waals surface area contributed by atoms with Crippen LogP contribution in [-0.2, 0) is 4.79 Å². The second-order valence-corrected chi connectivity index (χ2v) is 7.25. The number of thiophene rings is 1. The van der Waals surface area contributed by atoms with Crippen LogP contribution in [0, 0.1) is 0 Å². The molecule has 3 rings (SSSR count). The minimum atomic E-state index is -0.668. The topological polar surface area (TPSA) is 67.4 Å². The van der Waals surface area contributed by atoms with Crippen molar-refractivity contribution in [3.05, 3.63) is 88.1 Å². The maximum Gasteiger partial charge on any atom is 0.261 e. The number of rotatable bonds is 7. The highest BCUT2D eigenvalue weighted by atomic mass is 32.1. The van der Waals surface area contributed by atoms with E-state index in [2.05, 4.69) is 10.6 Å². The van der Waals surface area contributed by atoms with Gasteiger partial charge in [0.2, 0.25) is 5.91 Å². The molecule has 2 unspecified atom stereocenters. The first-order valence-electron chi connectivity index (χ1n) is 8.92. The Balaban J connectivity index is 1.76. The van der Waals surface area contributed by atoms with Crippen LogP contribution < -0.4 is 15.4 Å². The molecular formula is C22H22N2O3S. The van der Waals surface area contributed by atoms with Crippen LogP contribution in [0.1, 0.15) is 33.8 Å². The molecular weight excluding hydrogens is 372 g/mol. The SMILES string of the molecule is COc1ccc(C(NC(=O)C(C)NC(=O)c2cccs2)c2ccccc2)cc1. The fourth-order valence-corrected chi connectivity index (χ4v) is 3.44. The van der Waals surface area contributed by atoms with Crippen molar-refractivity contribution in [2.45, 2.75) is 19.0 Å². The number of methoxy groups -OCH3 is 1. The first-order chi connectivity index (χ1) is 13.6. The van der Waals surface area contributed by atoms with Crippen molar-refractivity contribution in [3.8, 4) is 5.75 Å². The van der Waals surface area contributed by atoms with E-state index in [1.165, 1.54) is 11.3 Å². The number of hydrogen-bond donors (Lipinski definition) is 2. The molecule has 0 bridgehead atoms. The second-order valence-electron chi connectivity index (χ2n) is 6.30. The summed E-state index contributed by atoms with van der Waals surface area (Å²) >= 11 is 1.34. The maximum atomic E-state index is 12.8. The molecule has 2 atom stereocenters. The van der Waals surface area contributed by atoms with Gasteiger partial charge < -0.3 is 15.4 Å². The van der Waals surface area contributed by atoms with E-state index in [1.807, 2.05) is 60.0 Å². The van der Waals surface area contributed by atoms with E-state index < -0.39 is 6.04 Å². The number of hydrogen-bond acceptors (Lipinski definition) is 4. The molecule has 2 amide bonds. The molecule has 0 spiro atoms. The fourth-order valence-electron chi connectivity index (χ4n) is 2.81. The van der Waals surface area contributed by atoms with Crippen LogP contribution in [0.5, 0.6) is 5.75 Å². The van der Waals surface area contributed by atoms with Gasteiger partial charge in [-0.05, 0) is 41.6 Å². The maximum absolute atomic E-state index is 12.8. The first-order valence-corrected chi connectivity index (χ1v) is 9.80. The van der Waals surface area contributed by atoms with Crippen molar-refractivity contribution in [2.24, 2.45) is 0 Å². The Morgan fingerprint density at radius 1 is 0.893 bits per heavy atom. The van der Waals surface area contributed by atoms with Crippen LogP contribution in [0.15, 0.2) is 72.1 Å². The highest BCUT2D eigenvalue weighted by molar-refractivity contribution is 7.12. The first kappa shape index (κ1) is 19.6. The summed E-state index contributed by atoms with van der Waals surface area (Å²) in [5.74, 6) is 0.242. The Morgan fingerprint density at radius 3 is 2.18 bits per heavy atom. The van der Waals surface area contributed by atoms with Crippen LogP contribution in [-0.4, -0.2) is 25.0 Å². The molecule has 6 heteroatoms. The van der Waals surface area contributed by atoms with Crippen LogP contribution in [0.3, 0.4) is 0 Å². The number of carbonyl (C=O) groups excluding carboxylic acids is 2. The Kier molecular flexibility index (Phi) is 6.45. The molecule has 5 nitrogen and oxygen atoms in total. The summed E-state index contributed by atoms with van der Waals surface area (Å²) in [6.45, 7) is 1.68. The minimum absolute atomic E-state index is 0.252. The molecule has 0 saturated heterocycles. The molecule has 0 aliphatic rings. The summed E-state index contributed by atoms with van der Waals surface area (Å²) < 4.78 is 5.22. The quantitative estimate of drug-likeness (QED) is 0.641. The van der Waals surface area contributed by atoms with Gasteiger partial charge >= 0.3 is 0 Å². The second kappa shape index (κ2) is 9.19. The third-order valence-electron chi connectivity index (χ3n) is 4.35. The molecule has 144 valence electrons. The highest BCUT2D eigenvalue weighted by Gasteiger charge is 2.22. The normalized spacial score (nSPS) is 12.6. The zero-order valence-corrected chi connectivity index (χ0v) is 16.5. The van der Waals surface area contributed by atoms with Gasteiger partial charge in [0, 0.05) is 0 Å². The third kappa shape index (κ3) is 4.78. The molecule has 1 aromatic heterocycles. The summed E-state index contributed by atoms with van der Waals surface area (Å²) in [6, 6.07) is 19.8. The van der Waals surface area contributed by atoms with Gasteiger partial charge in [-0.15, -0.1) is 11.3 Å². The van der Waals surface area contributed by atoms with E-state index in [9.17, 15) is 9.59 Å². The Labute approximate surface area is 168 Å². The molecule has 0 radical (unpaired) electrons. The van der Waals surface area contributed by atoms with E-state index in [-0.39, 0.29) is 17.9 Å². The van der Waals surface area contributed by atoms with Gasteiger partial charge in [-0.2, -0.15) is 0 Å². The van der Waals surface area contributed by atoms with Gasteiger partial charge in [-0.3, -0.25) is 9.59 Å². The van der Waals surface area contributed by atoms with Gasteiger partial charge in [0.05, 0.1) is 18.0 Å². The monoisotopic (exact) mass is 394 g/mol. The number of ether oxygens (including phenoxy) is 1. The van der Waals surface area contributed by atoms with Gasteiger partial charge in [0.15, 0.2) is 0 Å². The van der Waals surface area contributed by atoms with Crippen molar-refractivity contribution in [2.75, 3.05) is 7.11 Å². The van der Waals surface area contributed by atoms with Gasteiger partial charge in [0.25, 0.3) is 5.91 Å². The molecule has 0 aliphatic heterocycles. The lowest BCUT2D eigenvalue weighted by Gasteiger charge is -2.22. The van der Waals surface area contributed by atoms with Crippen LogP contribution in [0.25, 0.3) is 0 Å². The fraction of sp³-hybridized carbons (Fsp3) is 0.182. The zero-order chi connectivity index (χ0) is 19.9. The lowest BCUT2D eigenvalue weighted by molar-refractivity contribution is -0.123. The molecule has 0 saturated carbocycles. The van der Waals surface area contributed by atoms with Gasteiger partial charge in [-0.25, -0.2) is 0 Å². The molecule has 3 aromatic rings. The predicted molar refractivity (Wildman–Crippen MR) is 111 cm³/mol. The van der Waals surface area contributed by atoms with Crippen molar-refractivity contribution in [1.82, 2.24) is 10.6 Å². The Bertz CT molecular complexity index is 909. The molecule has 1 heterocycles. The largest absolute Gasteiger partial charge is 0.497 e. The van der Waals surface area contributed by atoms with Crippen LogP contribution in [0.4, 0.5) is 0 Å². The van der Waals surface area contributed by atoms with Crippen molar-refractivity contribution in [3.63, 3.8) is 0 Å². The standard InChI is InChI=1S/C22H22N2O3S/c1-15(23-22(26)19-9-6-14-28-19)21(25)24-20(16-7-4-3-5-8-16)17-10-12-18(27-2)13-11-17/h3-15,20H,1-2H3,(H,23,26)(H,24,25). The average Bonchev–Trinajstić information content (AvgIpc) is 3.27. The van der Waals surface area contributed by atoms with Gasteiger partial charge in [0.1, 0.15) is 11.8 Å². The summed E-state index contributed by atoms with van der Waals surface area (Å²) in [5, 5.41) is 7.62. The van der Waals surface area contributed by atoms with Gasteiger partial charge in [-0.1, -0.05) is 48.5 Å². The predicted octanol–water partition coefficient (Wildman–Crippen LogP) is 3.78. The molecule has 0 aliphatic carbocycles. The Hall–Kier alpha value is -3.12. The minimum Gasteiger partial charge on any atom is -0.497 e. The number of benzene rings is 2. The zero-order valence-electron chi connectivity index (χ0n) is 15.7. The smallest absolute Gasteiger partial charge is 0.261 e. The summed E-state index contributed by atoms with van der Waals surface area (Å²) in [6.07, 6.45) is 0. The number of carbonyl (C=O) groups is 2. The third-order valence-corrected chi connectivity index (χ3v) is 5.22. The van der Waals surface area contributed by atoms with E-state index in [1.54, 1.807) is 26.2 Å². The Morgan fingerprint density at radius 2 is 1.57 bits per heavy atom. The average molecular weight is 394 g/mol. The van der Waals surface area contributed by atoms with E-state index >= 15 is 0 Å². The van der Waals surface area contributed by atoms with Crippen molar-refractivity contribution in [1.29, 1.82) is 0 Å². The van der Waals surface area contributed by atoms with E-state index in [4.69, 9.17) is 4.74 Å². The van der Waals surface area contributed by atoms with Crippen LogP contribution >= 0.6 is 11.3 Å². The molecule has 2 aromatic carbocycles. The van der Waals surface area contributed by atoms with Crippen molar-refractivity contribution < 1.29 is 14.3 Å². The highest BCUT2D eigenvalue weighted by Crippen LogP contribution is 2.24. The number of nitrogens with one attached hydrogen (secondary N) is 2. The molecule has 28 heavy (non-hydrogen) atoms. The van der Waals surface area contributed by atoms with E-state index in [0.29, 0.717) is 4.88 Å². The molecule has 2 N–H and O–H groups in total. The molecule has 0 fully saturated rings. The van der Waals surface area contributed by atoms with E-state index in [0.717, 1.165) is 16.9 Å². The summed E-state index contributed by atoms with van der Waals surface area (Å²) in [5.41, 5.74) is 1.88. The van der Waals surface area contributed by atoms with Crippen molar-refractivity contribution >= 4 is 23.2 Å².